The van der Waals surface area contributed by atoms with Crippen molar-refractivity contribution in [3.63, 3.8) is 0 Å². The van der Waals surface area contributed by atoms with Crippen LogP contribution in [0.1, 0.15) is 24.4 Å². The van der Waals surface area contributed by atoms with Crippen molar-refractivity contribution in [1.82, 2.24) is 29.9 Å². The number of hydrogen-bond acceptors (Lipinski definition) is 5. The maximum Gasteiger partial charge on any atom is 0.152 e. The van der Waals surface area contributed by atoms with Crippen LogP contribution in [-0.4, -0.2) is 43.0 Å². The van der Waals surface area contributed by atoms with Crippen LogP contribution in [0.2, 0.25) is 0 Å². The molecule has 1 saturated heterocycles. The van der Waals surface area contributed by atoms with E-state index in [1.54, 1.807) is 6.20 Å². The summed E-state index contributed by atoms with van der Waals surface area (Å²) in [6, 6.07) is 16.3. The van der Waals surface area contributed by atoms with Crippen molar-refractivity contribution in [2.45, 2.75) is 25.8 Å². The molecule has 1 aromatic carbocycles. The van der Waals surface area contributed by atoms with E-state index in [4.69, 9.17) is 4.42 Å². The van der Waals surface area contributed by atoms with Crippen LogP contribution < -0.4 is 0 Å². The van der Waals surface area contributed by atoms with Crippen LogP contribution in [0.15, 0.2) is 65.5 Å². The highest BCUT2D eigenvalue weighted by atomic mass is 16.3. The Hall–Kier alpha value is -3.19. The second-order valence-corrected chi connectivity index (χ2v) is 7.61. The maximum absolute atomic E-state index is 5.97. The monoisotopic (exact) mass is 388 g/mol. The third-order valence-electron chi connectivity index (χ3n) is 5.64. The zero-order chi connectivity index (χ0) is 19.5. The van der Waals surface area contributed by atoms with Crippen molar-refractivity contribution >= 4 is 0 Å². The van der Waals surface area contributed by atoms with Crippen molar-refractivity contribution in [2.24, 2.45) is 5.92 Å². The predicted octanol–water partition coefficient (Wildman–Crippen LogP) is 3.71. The van der Waals surface area contributed by atoms with Gasteiger partial charge in [0.05, 0.1) is 6.54 Å². The number of hydrogen-bond donors (Lipinski definition) is 1. The minimum atomic E-state index is 0.634. The summed E-state index contributed by atoms with van der Waals surface area (Å²) in [7, 11) is 0. The van der Waals surface area contributed by atoms with E-state index in [0.717, 1.165) is 67.6 Å². The number of aromatic amines is 1. The van der Waals surface area contributed by atoms with Gasteiger partial charge in [0.1, 0.15) is 23.6 Å². The highest BCUT2D eigenvalue weighted by Crippen LogP contribution is 2.25. The Morgan fingerprint density at radius 2 is 1.90 bits per heavy atom. The molecule has 0 amide bonds. The van der Waals surface area contributed by atoms with Gasteiger partial charge in [-0.2, -0.15) is 5.10 Å². The number of nitrogens with zero attached hydrogens (tertiary/aromatic N) is 5. The minimum Gasteiger partial charge on any atom is -0.458 e. The summed E-state index contributed by atoms with van der Waals surface area (Å²) in [6.45, 7) is 3.00. The Morgan fingerprint density at radius 3 is 2.69 bits per heavy atom. The lowest BCUT2D eigenvalue weighted by molar-refractivity contribution is 0.165. The van der Waals surface area contributed by atoms with E-state index < -0.39 is 0 Å². The Morgan fingerprint density at radius 1 is 1.03 bits per heavy atom. The number of nitrogens with one attached hydrogen (secondary N) is 1. The number of benzene rings is 1. The van der Waals surface area contributed by atoms with Gasteiger partial charge in [0.25, 0.3) is 0 Å². The summed E-state index contributed by atoms with van der Waals surface area (Å²) in [5.74, 6) is 3.52. The van der Waals surface area contributed by atoms with E-state index in [2.05, 4.69) is 48.1 Å². The van der Waals surface area contributed by atoms with E-state index in [9.17, 15) is 0 Å². The Balaban J connectivity index is 1.16. The van der Waals surface area contributed by atoms with Crippen molar-refractivity contribution in [3.8, 4) is 17.1 Å². The van der Waals surface area contributed by atoms with Gasteiger partial charge in [-0.3, -0.25) is 14.6 Å². The van der Waals surface area contributed by atoms with E-state index >= 15 is 0 Å². The first kappa shape index (κ1) is 17.9. The molecule has 7 nitrogen and oxygen atoms in total. The molecule has 1 aliphatic rings. The molecule has 1 aliphatic heterocycles. The average Bonchev–Trinajstić information content (AvgIpc) is 3.52. The second kappa shape index (κ2) is 8.05. The zero-order valence-electron chi connectivity index (χ0n) is 16.2. The van der Waals surface area contributed by atoms with Gasteiger partial charge in [-0.15, -0.1) is 10.2 Å². The molecular weight excluding hydrogens is 364 g/mol. The first-order valence-electron chi connectivity index (χ1n) is 10.1. The normalized spacial score (nSPS) is 15.7. The molecule has 0 spiro atoms. The average molecular weight is 388 g/mol. The number of likely N-dealkylation sites (tertiary alicyclic amines) is 1. The standard InChI is InChI=1S/C22H24N6O/c1-2-4-18(5-3-1)28-16-24-26-22(28)14-17-9-12-27(13-10-17)15-19-6-7-21(29-19)20-8-11-23-25-20/h1-8,11,16-17H,9-10,12-15H2,(H,23,25). The van der Waals surface area contributed by atoms with Gasteiger partial charge in [0.2, 0.25) is 0 Å². The van der Waals surface area contributed by atoms with Crippen LogP contribution >= 0.6 is 0 Å². The summed E-state index contributed by atoms with van der Waals surface area (Å²) in [6.07, 6.45) is 6.84. The number of furan rings is 1. The van der Waals surface area contributed by atoms with E-state index in [0.29, 0.717) is 5.92 Å². The number of H-pyrrole nitrogens is 1. The molecule has 0 atom stereocenters. The smallest absolute Gasteiger partial charge is 0.152 e. The van der Waals surface area contributed by atoms with Crippen LogP contribution in [0.4, 0.5) is 0 Å². The fourth-order valence-corrected chi connectivity index (χ4v) is 4.03. The lowest BCUT2D eigenvalue weighted by atomic mass is 9.93. The van der Waals surface area contributed by atoms with Crippen molar-refractivity contribution < 1.29 is 4.42 Å². The topological polar surface area (TPSA) is 75.8 Å². The van der Waals surface area contributed by atoms with Crippen molar-refractivity contribution in [2.75, 3.05) is 13.1 Å². The summed E-state index contributed by atoms with van der Waals surface area (Å²) in [4.78, 5) is 2.47. The summed E-state index contributed by atoms with van der Waals surface area (Å²) in [5.41, 5.74) is 2.04. The summed E-state index contributed by atoms with van der Waals surface area (Å²) in [5, 5.41) is 15.4. The van der Waals surface area contributed by atoms with Crippen LogP contribution in [-0.2, 0) is 13.0 Å². The Kier molecular flexibility index (Phi) is 4.96. The molecule has 5 rings (SSSR count). The molecular formula is C22H24N6O. The number of rotatable bonds is 6. The van der Waals surface area contributed by atoms with Crippen LogP contribution in [0.25, 0.3) is 17.1 Å². The molecule has 4 aromatic rings. The maximum atomic E-state index is 5.97. The quantitative estimate of drug-likeness (QED) is 0.545. The highest BCUT2D eigenvalue weighted by Gasteiger charge is 2.22. The molecule has 3 aromatic heterocycles. The van der Waals surface area contributed by atoms with E-state index in [1.807, 2.05) is 36.7 Å². The molecule has 0 unspecified atom stereocenters. The molecule has 4 heterocycles. The van der Waals surface area contributed by atoms with E-state index in [1.165, 1.54) is 0 Å². The molecule has 0 bridgehead atoms. The lowest BCUT2D eigenvalue weighted by Crippen LogP contribution is -2.34. The highest BCUT2D eigenvalue weighted by molar-refractivity contribution is 5.51. The first-order valence-corrected chi connectivity index (χ1v) is 10.1. The Bertz CT molecular complexity index is 1030. The predicted molar refractivity (Wildman–Crippen MR) is 109 cm³/mol. The molecule has 7 heteroatoms. The molecule has 0 aliphatic carbocycles. The molecule has 1 N–H and O–H groups in total. The van der Waals surface area contributed by atoms with Crippen LogP contribution in [0.5, 0.6) is 0 Å². The SMILES string of the molecule is c1ccc(-n2cnnc2CC2CCN(Cc3ccc(-c4ccn[nH]4)o3)CC2)cc1. The fourth-order valence-electron chi connectivity index (χ4n) is 4.03. The molecule has 1 fully saturated rings. The van der Waals surface area contributed by atoms with Crippen LogP contribution in [0.3, 0.4) is 0 Å². The van der Waals surface area contributed by atoms with Gasteiger partial charge in [-0.1, -0.05) is 18.2 Å². The first-order chi connectivity index (χ1) is 14.3. The van der Waals surface area contributed by atoms with Gasteiger partial charge in [-0.25, -0.2) is 0 Å². The largest absolute Gasteiger partial charge is 0.458 e. The summed E-state index contributed by atoms with van der Waals surface area (Å²) < 4.78 is 8.08. The van der Waals surface area contributed by atoms with Gasteiger partial charge in [0.15, 0.2) is 5.76 Å². The summed E-state index contributed by atoms with van der Waals surface area (Å²) >= 11 is 0. The van der Waals surface area contributed by atoms with Gasteiger partial charge in [0, 0.05) is 18.3 Å². The van der Waals surface area contributed by atoms with Gasteiger partial charge in [-0.05, 0) is 62.2 Å². The van der Waals surface area contributed by atoms with Gasteiger partial charge < -0.3 is 4.42 Å². The second-order valence-electron chi connectivity index (χ2n) is 7.61. The lowest BCUT2D eigenvalue weighted by Gasteiger charge is -2.31. The third-order valence-corrected chi connectivity index (χ3v) is 5.64. The molecule has 0 radical (unpaired) electrons. The molecule has 29 heavy (non-hydrogen) atoms. The fraction of sp³-hybridized carbons (Fsp3) is 0.318. The van der Waals surface area contributed by atoms with Crippen molar-refractivity contribution in [3.05, 3.63) is 72.6 Å². The Labute approximate surface area is 169 Å². The van der Waals surface area contributed by atoms with Crippen LogP contribution in [0, 0.1) is 5.92 Å². The third kappa shape index (κ3) is 4.00. The number of piperidine rings is 1. The minimum absolute atomic E-state index is 0.634. The molecule has 148 valence electrons. The molecule has 0 saturated carbocycles. The number of aromatic nitrogens is 5. The van der Waals surface area contributed by atoms with E-state index in [-0.39, 0.29) is 0 Å². The van der Waals surface area contributed by atoms with Gasteiger partial charge >= 0.3 is 0 Å². The zero-order valence-corrected chi connectivity index (χ0v) is 16.2. The number of para-hydroxylation sites is 1. The van der Waals surface area contributed by atoms with Crippen molar-refractivity contribution in [1.29, 1.82) is 0 Å².